The first-order valence-electron chi connectivity index (χ1n) is 13.4. The van der Waals surface area contributed by atoms with Gasteiger partial charge in [0.05, 0.1) is 11.8 Å². The highest BCUT2D eigenvalue weighted by molar-refractivity contribution is 7.97. The van der Waals surface area contributed by atoms with Crippen LogP contribution in [0.1, 0.15) is 58.4 Å². The summed E-state index contributed by atoms with van der Waals surface area (Å²) in [6, 6.07) is 5.09. The Morgan fingerprint density at radius 3 is 2.59 bits per heavy atom. The number of rotatable bonds is 7. The van der Waals surface area contributed by atoms with Crippen LogP contribution in [0.5, 0.6) is 0 Å². The lowest BCUT2D eigenvalue weighted by atomic mass is 10.1. The maximum atomic E-state index is 9.58. The molecule has 3 aromatic rings. The van der Waals surface area contributed by atoms with E-state index in [1.165, 1.54) is 24.2 Å². The number of pyridine rings is 1. The third-order valence-corrected chi connectivity index (χ3v) is 10.1. The molecule has 1 unspecified atom stereocenters. The van der Waals surface area contributed by atoms with Gasteiger partial charge in [0, 0.05) is 48.2 Å². The summed E-state index contributed by atoms with van der Waals surface area (Å²) in [5.74, 6) is 0.885. The zero-order valence-corrected chi connectivity index (χ0v) is 25.5. The number of carbonyl (C=O) groups excluding carboxylic acids is 1. The Hall–Kier alpha value is -2.23. The van der Waals surface area contributed by atoms with Crippen molar-refractivity contribution >= 4 is 52.4 Å². The number of likely N-dealkylation sites (N-methyl/N-ethyl adjacent to an activating group) is 1. The van der Waals surface area contributed by atoms with Crippen molar-refractivity contribution in [1.82, 2.24) is 29.2 Å². The highest BCUT2D eigenvalue weighted by Crippen LogP contribution is 2.49. The molecule has 0 bridgehead atoms. The van der Waals surface area contributed by atoms with Crippen molar-refractivity contribution in [3.8, 4) is 16.9 Å². The van der Waals surface area contributed by atoms with Gasteiger partial charge in [-0.25, -0.2) is 4.98 Å². The Balaban J connectivity index is 0.000000567. The Bertz CT molecular complexity index is 1400. The molecule has 4 heterocycles. The lowest BCUT2D eigenvalue weighted by Crippen LogP contribution is -2.50. The minimum Gasteiger partial charge on any atom is -0.367 e. The summed E-state index contributed by atoms with van der Waals surface area (Å²) >= 11 is 9.90. The van der Waals surface area contributed by atoms with E-state index in [9.17, 15) is 10.1 Å². The zero-order valence-electron chi connectivity index (χ0n) is 23.1. The molecule has 208 valence electrons. The average molecular weight is 587 g/mol. The first kappa shape index (κ1) is 28.3. The summed E-state index contributed by atoms with van der Waals surface area (Å²) in [6.07, 6.45) is 7.09. The van der Waals surface area contributed by atoms with Crippen LogP contribution in [0.2, 0.25) is 5.15 Å². The van der Waals surface area contributed by atoms with Crippen molar-refractivity contribution in [2.75, 3.05) is 31.6 Å². The van der Waals surface area contributed by atoms with Crippen LogP contribution >= 0.6 is 34.9 Å². The third kappa shape index (κ3) is 5.95. The van der Waals surface area contributed by atoms with E-state index < -0.39 is 5.41 Å². The molecule has 1 atom stereocenters. The van der Waals surface area contributed by atoms with E-state index in [-0.39, 0.29) is 11.5 Å². The number of hydrogen-bond donors (Lipinski definition) is 1. The van der Waals surface area contributed by atoms with Crippen molar-refractivity contribution < 1.29 is 4.79 Å². The average Bonchev–Trinajstić information content (AvgIpc) is 3.79. The molecule has 2 saturated carbocycles. The van der Waals surface area contributed by atoms with Crippen molar-refractivity contribution in [3.63, 3.8) is 0 Å². The number of hydrogen-bond acceptors (Lipinski definition) is 10. The van der Waals surface area contributed by atoms with E-state index in [4.69, 9.17) is 16.6 Å². The Kier molecular flexibility index (Phi) is 7.97. The number of nitrogens with one attached hydrogen (secondary N) is 1. The molecular formula is C27H35ClN8OS2. The van der Waals surface area contributed by atoms with Gasteiger partial charge in [-0.2, -0.15) is 5.26 Å². The van der Waals surface area contributed by atoms with E-state index in [1.54, 1.807) is 11.9 Å². The Morgan fingerprint density at radius 1 is 1.28 bits per heavy atom. The topological polar surface area (TPSA) is 102 Å². The molecule has 3 fully saturated rings. The maximum absolute atomic E-state index is 9.58. The molecular weight excluding hydrogens is 552 g/mol. The Labute approximate surface area is 243 Å². The molecule has 6 rings (SSSR count). The minimum atomic E-state index is -0.460. The van der Waals surface area contributed by atoms with Crippen LogP contribution in [0.4, 0.5) is 5.69 Å². The molecule has 12 heteroatoms. The number of aromatic nitrogens is 4. The van der Waals surface area contributed by atoms with Gasteiger partial charge in [-0.05, 0) is 64.6 Å². The monoisotopic (exact) mass is 586 g/mol. The van der Waals surface area contributed by atoms with Gasteiger partial charge >= 0.3 is 0 Å². The van der Waals surface area contributed by atoms with Gasteiger partial charge in [0.15, 0.2) is 16.0 Å². The van der Waals surface area contributed by atoms with Gasteiger partial charge < -0.3 is 14.6 Å². The van der Waals surface area contributed by atoms with E-state index in [1.807, 2.05) is 13.8 Å². The fourth-order valence-electron chi connectivity index (χ4n) is 4.32. The van der Waals surface area contributed by atoms with E-state index >= 15 is 0 Å². The highest BCUT2D eigenvalue weighted by atomic mass is 35.5. The lowest BCUT2D eigenvalue weighted by Gasteiger charge is -2.39. The van der Waals surface area contributed by atoms with Gasteiger partial charge in [-0.3, -0.25) is 9.12 Å². The molecule has 0 amide bonds. The first-order valence-corrected chi connectivity index (χ1v) is 15.4. The highest BCUT2D eigenvalue weighted by Gasteiger charge is 2.48. The molecule has 0 radical (unpaired) electrons. The van der Waals surface area contributed by atoms with Crippen molar-refractivity contribution in [3.05, 3.63) is 22.4 Å². The van der Waals surface area contributed by atoms with Crippen LogP contribution in [0.15, 0.2) is 17.2 Å². The maximum Gasteiger partial charge on any atom is 0.184 e. The summed E-state index contributed by atoms with van der Waals surface area (Å²) in [5.41, 5.74) is 1.74. The van der Waals surface area contributed by atoms with Gasteiger partial charge in [0.25, 0.3) is 0 Å². The van der Waals surface area contributed by atoms with Crippen LogP contribution in [-0.2, 0) is 10.2 Å². The van der Waals surface area contributed by atoms with Crippen molar-refractivity contribution in [2.45, 2.75) is 75.3 Å². The van der Waals surface area contributed by atoms with E-state index in [0.29, 0.717) is 22.0 Å². The fourth-order valence-corrected chi connectivity index (χ4v) is 6.51. The number of nitrogens with zero attached hydrogens (tertiary/aromatic N) is 7. The summed E-state index contributed by atoms with van der Waals surface area (Å²) < 4.78 is 5.69. The smallest absolute Gasteiger partial charge is 0.184 e. The molecule has 3 aliphatic rings. The SMILES string of the molecule is CC(C)C=O.CC1CN(c2cc(SNC3(C)CC3)cn3c(-c4nnc(C5(C#N)CC5)s4)nc(Cl)c23)CCN1C. The molecule has 39 heavy (non-hydrogen) atoms. The second-order valence-electron chi connectivity index (χ2n) is 11.5. The van der Waals surface area contributed by atoms with Crippen LogP contribution in [0.25, 0.3) is 16.3 Å². The summed E-state index contributed by atoms with van der Waals surface area (Å²) in [4.78, 5) is 20.2. The normalized spacial score (nSPS) is 21.4. The number of anilines is 1. The first-order chi connectivity index (χ1) is 18.6. The number of aldehydes is 1. The van der Waals surface area contributed by atoms with Crippen LogP contribution in [0.3, 0.4) is 0 Å². The minimum absolute atomic E-state index is 0.204. The summed E-state index contributed by atoms with van der Waals surface area (Å²) in [6.45, 7) is 11.1. The van der Waals surface area contributed by atoms with Gasteiger partial charge in [0.2, 0.25) is 0 Å². The number of halogens is 1. The van der Waals surface area contributed by atoms with Crippen LogP contribution in [0, 0.1) is 17.2 Å². The fraction of sp³-hybridized carbons (Fsp3) is 0.593. The summed E-state index contributed by atoms with van der Waals surface area (Å²) in [7, 11) is 2.18. The van der Waals surface area contributed by atoms with Crippen molar-refractivity contribution in [2.24, 2.45) is 5.92 Å². The molecule has 3 aromatic heterocycles. The van der Waals surface area contributed by atoms with Gasteiger partial charge in [0.1, 0.15) is 22.2 Å². The number of piperazine rings is 1. The van der Waals surface area contributed by atoms with E-state index in [0.717, 1.165) is 59.9 Å². The number of carbonyl (C=O) groups is 1. The Morgan fingerprint density at radius 2 is 2.00 bits per heavy atom. The van der Waals surface area contributed by atoms with Gasteiger partial charge in [-0.1, -0.05) is 36.8 Å². The number of fused-ring (bicyclic) bond motifs is 1. The predicted octanol–water partition coefficient (Wildman–Crippen LogP) is 5.19. The van der Waals surface area contributed by atoms with Crippen LogP contribution < -0.4 is 9.62 Å². The molecule has 9 nitrogen and oxygen atoms in total. The number of nitriles is 1. The van der Waals surface area contributed by atoms with Crippen LogP contribution in [-0.4, -0.2) is 69.0 Å². The second-order valence-corrected chi connectivity index (χ2v) is 13.7. The molecule has 0 spiro atoms. The summed E-state index contributed by atoms with van der Waals surface area (Å²) in [5, 5.41) is 20.3. The molecule has 2 aliphatic carbocycles. The molecule has 1 aliphatic heterocycles. The van der Waals surface area contributed by atoms with Crippen molar-refractivity contribution in [1.29, 1.82) is 5.26 Å². The zero-order chi connectivity index (χ0) is 27.9. The largest absolute Gasteiger partial charge is 0.367 e. The molecule has 0 aromatic carbocycles. The third-order valence-electron chi connectivity index (χ3n) is 7.62. The standard InChI is InChI=1S/C23H27ClN8S2.C4H8O/c1-14-11-31(9-8-30(14)3)16-10-15(34-29-22(2)4-5-22)12-32-17(16)18(24)26-19(32)20-27-28-21(33-20)23(13-25)6-7-23;1-4(2)3-5/h10,12,14,29H,4-9,11H2,1-3H3;3-4H,1-2H3. The quantitative estimate of drug-likeness (QED) is 0.296. The molecule has 1 N–H and O–H groups in total. The lowest BCUT2D eigenvalue weighted by molar-refractivity contribution is -0.110. The predicted molar refractivity (Wildman–Crippen MR) is 157 cm³/mol. The molecule has 1 saturated heterocycles. The van der Waals surface area contributed by atoms with E-state index in [2.05, 4.69) is 68.3 Å². The second kappa shape index (κ2) is 11.0. The van der Waals surface area contributed by atoms with Gasteiger partial charge in [-0.15, -0.1) is 10.2 Å². The number of imidazole rings is 1.